The minimum absolute atomic E-state index is 0.0404. The summed E-state index contributed by atoms with van der Waals surface area (Å²) in [6.07, 6.45) is 0.552. The fourth-order valence-electron chi connectivity index (χ4n) is 2.64. The van der Waals surface area contributed by atoms with Gasteiger partial charge in [-0.1, -0.05) is 26.0 Å². The normalized spacial score (nSPS) is 19.6. The number of benzene rings is 1. The number of hydrogen-bond acceptors (Lipinski definition) is 3. The lowest BCUT2D eigenvalue weighted by molar-refractivity contribution is -0.138. The number of carbonyl (C=O) groups excluding carboxylic acids is 1. The van der Waals surface area contributed by atoms with Crippen molar-refractivity contribution in [1.82, 2.24) is 10.2 Å². The van der Waals surface area contributed by atoms with E-state index in [0.717, 1.165) is 25.3 Å². The Kier molecular flexibility index (Phi) is 5.23. The van der Waals surface area contributed by atoms with Gasteiger partial charge in [-0.25, -0.2) is 0 Å². The van der Waals surface area contributed by atoms with Crippen LogP contribution in [0.15, 0.2) is 24.3 Å². The van der Waals surface area contributed by atoms with Crippen LogP contribution in [0.1, 0.15) is 38.7 Å². The summed E-state index contributed by atoms with van der Waals surface area (Å²) < 4.78 is 5.84. The minimum Gasteiger partial charge on any atom is -0.481 e. The van der Waals surface area contributed by atoms with Gasteiger partial charge < -0.3 is 15.0 Å². The van der Waals surface area contributed by atoms with Crippen LogP contribution >= 0.6 is 0 Å². The van der Waals surface area contributed by atoms with E-state index in [4.69, 9.17) is 4.74 Å². The molecule has 0 aromatic heterocycles. The van der Waals surface area contributed by atoms with Crippen molar-refractivity contribution in [2.75, 3.05) is 20.1 Å². The van der Waals surface area contributed by atoms with Crippen molar-refractivity contribution < 1.29 is 9.53 Å². The molecule has 1 aromatic rings. The Bertz CT molecular complexity index is 481. The number of ether oxygens (including phenoxy) is 1. The number of rotatable bonds is 5. The second kappa shape index (κ2) is 6.94. The summed E-state index contributed by atoms with van der Waals surface area (Å²) in [7, 11) is 1.87. The maximum absolute atomic E-state index is 12.4. The van der Waals surface area contributed by atoms with E-state index < -0.39 is 6.10 Å². The lowest BCUT2D eigenvalue weighted by atomic mass is 10.0. The molecule has 0 spiro atoms. The van der Waals surface area contributed by atoms with Gasteiger partial charge in [0, 0.05) is 19.6 Å². The molecule has 4 heteroatoms. The summed E-state index contributed by atoms with van der Waals surface area (Å²) >= 11 is 0. The van der Waals surface area contributed by atoms with E-state index in [0.29, 0.717) is 5.92 Å². The quantitative estimate of drug-likeness (QED) is 0.905. The molecule has 0 aliphatic carbocycles. The molecule has 21 heavy (non-hydrogen) atoms. The SMILES string of the molecule is CC(Oc1cccc(C(C)C)c1)C(=O)N(C)C1CCNC1. The smallest absolute Gasteiger partial charge is 0.263 e. The maximum atomic E-state index is 12.4. The van der Waals surface area contributed by atoms with Gasteiger partial charge in [0.2, 0.25) is 0 Å². The molecule has 1 N–H and O–H groups in total. The molecule has 1 saturated heterocycles. The first-order valence-electron chi connectivity index (χ1n) is 7.73. The van der Waals surface area contributed by atoms with Crippen LogP contribution in [0.4, 0.5) is 0 Å². The first-order valence-corrected chi connectivity index (χ1v) is 7.73. The first kappa shape index (κ1) is 15.8. The first-order chi connectivity index (χ1) is 9.99. The molecule has 0 bridgehead atoms. The van der Waals surface area contributed by atoms with Gasteiger partial charge in [-0.05, 0) is 43.5 Å². The van der Waals surface area contributed by atoms with Gasteiger partial charge in [-0.15, -0.1) is 0 Å². The third-order valence-corrected chi connectivity index (χ3v) is 4.12. The van der Waals surface area contributed by atoms with Crippen LogP contribution in [0, 0.1) is 0 Å². The molecule has 2 unspecified atom stereocenters. The van der Waals surface area contributed by atoms with Gasteiger partial charge in [0.1, 0.15) is 5.75 Å². The zero-order valence-electron chi connectivity index (χ0n) is 13.4. The van der Waals surface area contributed by atoms with Crippen LogP contribution in [-0.2, 0) is 4.79 Å². The van der Waals surface area contributed by atoms with Gasteiger partial charge in [-0.3, -0.25) is 4.79 Å². The molecule has 1 aliphatic heterocycles. The van der Waals surface area contributed by atoms with E-state index in [1.807, 2.05) is 37.1 Å². The average Bonchev–Trinajstić information content (AvgIpc) is 3.00. The van der Waals surface area contributed by atoms with Gasteiger partial charge in [0.05, 0.1) is 0 Å². The Labute approximate surface area is 127 Å². The zero-order chi connectivity index (χ0) is 15.4. The second-order valence-corrected chi connectivity index (χ2v) is 6.08. The molecule has 2 rings (SSSR count). The second-order valence-electron chi connectivity index (χ2n) is 6.08. The van der Waals surface area contributed by atoms with Crippen LogP contribution in [-0.4, -0.2) is 43.1 Å². The highest BCUT2D eigenvalue weighted by molar-refractivity contribution is 5.81. The largest absolute Gasteiger partial charge is 0.481 e. The molecule has 2 atom stereocenters. The topological polar surface area (TPSA) is 41.6 Å². The number of hydrogen-bond donors (Lipinski definition) is 1. The van der Waals surface area contributed by atoms with E-state index in [1.54, 1.807) is 0 Å². The van der Waals surface area contributed by atoms with Gasteiger partial charge >= 0.3 is 0 Å². The molecule has 1 amide bonds. The van der Waals surface area contributed by atoms with Crippen LogP contribution < -0.4 is 10.1 Å². The van der Waals surface area contributed by atoms with Crippen molar-refractivity contribution in [3.05, 3.63) is 29.8 Å². The number of amides is 1. The lowest BCUT2D eigenvalue weighted by Crippen LogP contribution is -2.44. The zero-order valence-corrected chi connectivity index (χ0v) is 13.4. The highest BCUT2D eigenvalue weighted by atomic mass is 16.5. The summed E-state index contributed by atoms with van der Waals surface area (Å²) in [6, 6.07) is 8.27. The Balaban J connectivity index is 1.98. The Morgan fingerprint density at radius 1 is 1.38 bits per heavy atom. The number of nitrogens with zero attached hydrogens (tertiary/aromatic N) is 1. The van der Waals surface area contributed by atoms with E-state index in [1.165, 1.54) is 5.56 Å². The molecule has 1 heterocycles. The summed E-state index contributed by atoms with van der Waals surface area (Å²) in [6.45, 7) is 7.97. The third kappa shape index (κ3) is 3.97. The van der Waals surface area contributed by atoms with Crippen molar-refractivity contribution in [2.45, 2.75) is 45.3 Å². The van der Waals surface area contributed by atoms with E-state index >= 15 is 0 Å². The third-order valence-electron chi connectivity index (χ3n) is 4.12. The van der Waals surface area contributed by atoms with Crippen molar-refractivity contribution in [2.24, 2.45) is 0 Å². The predicted molar refractivity (Wildman–Crippen MR) is 84.7 cm³/mol. The number of likely N-dealkylation sites (N-methyl/N-ethyl adjacent to an activating group) is 1. The Hall–Kier alpha value is -1.55. The van der Waals surface area contributed by atoms with Gasteiger partial charge in [-0.2, -0.15) is 0 Å². The van der Waals surface area contributed by atoms with Crippen LogP contribution in [0.2, 0.25) is 0 Å². The molecule has 1 fully saturated rings. The minimum atomic E-state index is -0.460. The molecule has 116 valence electrons. The van der Waals surface area contributed by atoms with Crippen molar-refractivity contribution >= 4 is 5.91 Å². The standard InChI is InChI=1S/C17H26N2O2/c1-12(2)14-6-5-7-16(10-14)21-13(3)17(20)19(4)15-8-9-18-11-15/h5-7,10,12-13,15,18H,8-9,11H2,1-4H3. The van der Waals surface area contributed by atoms with E-state index in [2.05, 4.69) is 25.2 Å². The highest BCUT2D eigenvalue weighted by Crippen LogP contribution is 2.21. The van der Waals surface area contributed by atoms with Crippen molar-refractivity contribution in [1.29, 1.82) is 0 Å². The molecule has 1 aromatic carbocycles. The highest BCUT2D eigenvalue weighted by Gasteiger charge is 2.27. The molecule has 1 aliphatic rings. The Morgan fingerprint density at radius 2 is 2.14 bits per heavy atom. The molecular weight excluding hydrogens is 264 g/mol. The van der Waals surface area contributed by atoms with Crippen molar-refractivity contribution in [3.8, 4) is 5.75 Å². The fraction of sp³-hybridized carbons (Fsp3) is 0.588. The van der Waals surface area contributed by atoms with Gasteiger partial charge in [0.25, 0.3) is 5.91 Å². The number of carbonyl (C=O) groups is 1. The summed E-state index contributed by atoms with van der Waals surface area (Å²) in [5, 5.41) is 3.28. The van der Waals surface area contributed by atoms with Crippen LogP contribution in [0.25, 0.3) is 0 Å². The summed E-state index contributed by atoms with van der Waals surface area (Å²) in [5.41, 5.74) is 1.22. The lowest BCUT2D eigenvalue weighted by Gasteiger charge is -2.27. The van der Waals surface area contributed by atoms with E-state index in [9.17, 15) is 4.79 Å². The molecule has 0 saturated carbocycles. The molecule has 4 nitrogen and oxygen atoms in total. The molecule has 0 radical (unpaired) electrons. The average molecular weight is 290 g/mol. The molecular formula is C17H26N2O2. The van der Waals surface area contributed by atoms with Crippen molar-refractivity contribution in [3.63, 3.8) is 0 Å². The summed E-state index contributed by atoms with van der Waals surface area (Å²) in [5.74, 6) is 1.26. The fourth-order valence-corrected chi connectivity index (χ4v) is 2.64. The predicted octanol–water partition coefficient (Wildman–Crippen LogP) is 2.40. The maximum Gasteiger partial charge on any atom is 0.263 e. The summed E-state index contributed by atoms with van der Waals surface area (Å²) in [4.78, 5) is 14.2. The Morgan fingerprint density at radius 3 is 2.76 bits per heavy atom. The van der Waals surface area contributed by atoms with Crippen LogP contribution in [0.5, 0.6) is 5.75 Å². The monoisotopic (exact) mass is 290 g/mol. The van der Waals surface area contributed by atoms with E-state index in [-0.39, 0.29) is 11.9 Å². The van der Waals surface area contributed by atoms with Gasteiger partial charge in [0.15, 0.2) is 6.10 Å². The van der Waals surface area contributed by atoms with Crippen LogP contribution in [0.3, 0.4) is 0 Å². The number of nitrogens with one attached hydrogen (secondary N) is 1.